The molecule has 0 aliphatic heterocycles. The second-order valence-electron chi connectivity index (χ2n) is 9.81. The number of aryl methyl sites for hydroxylation is 2. The minimum absolute atomic E-state index is 0. The number of hydrogen-bond acceptors (Lipinski definition) is 5. The number of carbonyl (C=O) groups excluding carboxylic acids is 1. The number of benzene rings is 2. The molecule has 0 fully saturated rings. The number of fused-ring (bicyclic) bond motifs is 1. The molecular formula is C31H35ClN4O3. The van der Waals surface area contributed by atoms with Gasteiger partial charge in [-0.05, 0) is 54.9 Å². The van der Waals surface area contributed by atoms with Gasteiger partial charge in [-0.1, -0.05) is 74.4 Å². The molecule has 204 valence electrons. The van der Waals surface area contributed by atoms with Gasteiger partial charge in [0.05, 0.1) is 11.9 Å². The molecule has 0 radical (unpaired) electrons. The Kier molecular flexibility index (Phi) is 11.4. The smallest absolute Gasteiger partial charge is 0.303 e. The van der Waals surface area contributed by atoms with Crippen LogP contribution in [0.3, 0.4) is 0 Å². The van der Waals surface area contributed by atoms with Crippen LogP contribution in [-0.4, -0.2) is 31.9 Å². The van der Waals surface area contributed by atoms with Crippen LogP contribution in [0.15, 0.2) is 72.9 Å². The van der Waals surface area contributed by atoms with Crippen molar-refractivity contribution in [3.8, 4) is 11.3 Å². The van der Waals surface area contributed by atoms with Gasteiger partial charge in [-0.15, -0.1) is 12.4 Å². The summed E-state index contributed by atoms with van der Waals surface area (Å²) in [6.45, 7) is 2.26. The number of rotatable bonds is 13. The highest BCUT2D eigenvalue weighted by Crippen LogP contribution is 2.21. The molecule has 2 N–H and O–H groups in total. The van der Waals surface area contributed by atoms with Crippen molar-refractivity contribution in [3.05, 3.63) is 84.1 Å². The summed E-state index contributed by atoms with van der Waals surface area (Å²) in [6, 6.07) is 21.7. The number of pyridine rings is 1. The zero-order valence-corrected chi connectivity index (χ0v) is 23.0. The van der Waals surface area contributed by atoms with Gasteiger partial charge in [-0.25, -0.2) is 9.97 Å². The molecule has 1 unspecified atom stereocenters. The van der Waals surface area contributed by atoms with Gasteiger partial charge in [0.1, 0.15) is 11.3 Å². The molecule has 2 aromatic carbocycles. The Bertz CT molecular complexity index is 1360. The second kappa shape index (κ2) is 14.9. The van der Waals surface area contributed by atoms with Gasteiger partial charge in [-0.2, -0.15) is 0 Å². The van der Waals surface area contributed by atoms with Crippen LogP contribution in [0, 0.1) is 5.92 Å². The highest BCUT2D eigenvalue weighted by atomic mass is 35.5. The van der Waals surface area contributed by atoms with Crippen LogP contribution in [0.2, 0.25) is 0 Å². The molecule has 0 spiro atoms. The van der Waals surface area contributed by atoms with Gasteiger partial charge in [0.25, 0.3) is 0 Å². The summed E-state index contributed by atoms with van der Waals surface area (Å²) in [5.74, 6) is 0.195. The van der Waals surface area contributed by atoms with E-state index >= 15 is 0 Å². The first-order chi connectivity index (χ1) is 18.5. The molecule has 1 amide bonds. The van der Waals surface area contributed by atoms with Crippen LogP contribution in [-0.2, 0) is 22.4 Å². The lowest BCUT2D eigenvalue weighted by Crippen LogP contribution is -2.13. The maximum Gasteiger partial charge on any atom is 0.303 e. The molecule has 0 aliphatic carbocycles. The third-order valence-corrected chi connectivity index (χ3v) is 6.66. The summed E-state index contributed by atoms with van der Waals surface area (Å²) in [5.41, 5.74) is 4.97. The van der Waals surface area contributed by atoms with Crippen molar-refractivity contribution in [3.63, 3.8) is 0 Å². The molecule has 4 aromatic rings. The number of halogens is 1. The fraction of sp³-hybridized carbons (Fsp3) is 0.323. The monoisotopic (exact) mass is 546 g/mol. The maximum absolute atomic E-state index is 12.5. The van der Waals surface area contributed by atoms with Gasteiger partial charge >= 0.3 is 5.97 Å². The second-order valence-corrected chi connectivity index (χ2v) is 9.81. The van der Waals surface area contributed by atoms with Gasteiger partial charge in [0, 0.05) is 18.4 Å². The van der Waals surface area contributed by atoms with Crippen molar-refractivity contribution in [1.29, 1.82) is 0 Å². The number of amides is 1. The maximum atomic E-state index is 12.5. The molecule has 2 aromatic heterocycles. The van der Waals surface area contributed by atoms with E-state index in [0.29, 0.717) is 41.4 Å². The van der Waals surface area contributed by atoms with Crippen LogP contribution >= 0.6 is 12.4 Å². The average Bonchev–Trinajstić information content (AvgIpc) is 2.92. The van der Waals surface area contributed by atoms with Crippen molar-refractivity contribution in [2.75, 3.05) is 5.32 Å². The van der Waals surface area contributed by atoms with Crippen LogP contribution in [0.4, 0.5) is 5.82 Å². The lowest BCUT2D eigenvalue weighted by atomic mass is 9.96. The Balaban J connectivity index is 0.00000420. The van der Waals surface area contributed by atoms with E-state index < -0.39 is 5.97 Å². The van der Waals surface area contributed by atoms with E-state index in [9.17, 15) is 9.59 Å². The quantitative estimate of drug-likeness (QED) is 0.189. The van der Waals surface area contributed by atoms with E-state index in [1.807, 2.05) is 30.3 Å². The number of anilines is 1. The molecule has 39 heavy (non-hydrogen) atoms. The molecule has 0 saturated heterocycles. The van der Waals surface area contributed by atoms with Crippen LogP contribution in [0.5, 0.6) is 0 Å². The van der Waals surface area contributed by atoms with Crippen LogP contribution in [0.1, 0.15) is 56.6 Å². The minimum Gasteiger partial charge on any atom is -0.481 e. The van der Waals surface area contributed by atoms with Crippen LogP contribution < -0.4 is 5.32 Å². The number of nitrogens with zero attached hydrogens (tertiary/aromatic N) is 3. The number of aliphatic carboxylic acids is 1. The van der Waals surface area contributed by atoms with E-state index in [0.717, 1.165) is 43.2 Å². The van der Waals surface area contributed by atoms with E-state index in [-0.39, 0.29) is 24.7 Å². The average molecular weight is 547 g/mol. The fourth-order valence-corrected chi connectivity index (χ4v) is 4.46. The lowest BCUT2D eigenvalue weighted by molar-refractivity contribution is -0.137. The van der Waals surface area contributed by atoms with Gasteiger partial charge in [0.15, 0.2) is 5.65 Å². The van der Waals surface area contributed by atoms with Crippen molar-refractivity contribution in [2.24, 2.45) is 5.92 Å². The highest BCUT2D eigenvalue weighted by Gasteiger charge is 2.10. The van der Waals surface area contributed by atoms with Crippen LogP contribution in [0.25, 0.3) is 22.4 Å². The molecule has 0 bridgehead atoms. The highest BCUT2D eigenvalue weighted by molar-refractivity contribution is 5.90. The first kappa shape index (κ1) is 29.7. The van der Waals surface area contributed by atoms with Gasteiger partial charge in [0.2, 0.25) is 5.91 Å². The van der Waals surface area contributed by atoms with Gasteiger partial charge in [-0.3, -0.25) is 14.6 Å². The van der Waals surface area contributed by atoms with Crippen molar-refractivity contribution < 1.29 is 14.7 Å². The molecule has 1 atom stereocenters. The zero-order valence-electron chi connectivity index (χ0n) is 22.2. The number of carbonyl (C=O) groups is 2. The Hall–Kier alpha value is -3.84. The molecule has 0 aliphatic rings. The molecule has 4 rings (SSSR count). The Morgan fingerprint density at radius 3 is 2.31 bits per heavy atom. The molecule has 0 saturated carbocycles. The number of nitrogens with one attached hydrogen (secondary N) is 1. The first-order valence-electron chi connectivity index (χ1n) is 13.2. The van der Waals surface area contributed by atoms with E-state index in [4.69, 9.17) is 5.11 Å². The van der Waals surface area contributed by atoms with E-state index in [2.05, 4.69) is 51.5 Å². The topological polar surface area (TPSA) is 105 Å². The van der Waals surface area contributed by atoms with E-state index in [1.54, 1.807) is 18.3 Å². The number of aromatic nitrogens is 3. The summed E-state index contributed by atoms with van der Waals surface area (Å²) < 4.78 is 0. The number of carboxylic acids is 1. The summed E-state index contributed by atoms with van der Waals surface area (Å²) in [5, 5.41) is 11.8. The first-order valence-corrected chi connectivity index (χ1v) is 13.2. The third kappa shape index (κ3) is 9.45. The summed E-state index contributed by atoms with van der Waals surface area (Å²) in [4.78, 5) is 36.9. The van der Waals surface area contributed by atoms with E-state index in [1.165, 1.54) is 5.56 Å². The largest absolute Gasteiger partial charge is 0.481 e. The number of carboxylic acid groups (broad SMARTS) is 1. The number of hydrogen-bond donors (Lipinski definition) is 2. The summed E-state index contributed by atoms with van der Waals surface area (Å²) in [6.07, 6.45) is 8.03. The fourth-order valence-electron chi connectivity index (χ4n) is 4.46. The van der Waals surface area contributed by atoms with Crippen molar-refractivity contribution in [1.82, 2.24) is 15.0 Å². The normalized spacial score (nSPS) is 11.5. The lowest BCUT2D eigenvalue weighted by Gasteiger charge is -2.11. The Morgan fingerprint density at radius 1 is 0.846 bits per heavy atom. The SMILES string of the molecule is CC(CCCC(=O)Nc1ccc2ncc(-c3ccc(CCC(=O)O)cc3)nc2n1)CCCc1ccccc1.Cl. The molecule has 2 heterocycles. The van der Waals surface area contributed by atoms with Crippen molar-refractivity contribution in [2.45, 2.75) is 58.3 Å². The zero-order chi connectivity index (χ0) is 26.7. The molecule has 7 nitrogen and oxygen atoms in total. The third-order valence-electron chi connectivity index (χ3n) is 6.66. The molecular weight excluding hydrogens is 512 g/mol. The standard InChI is InChI=1S/C31H34N4O3.ClH/c1-22(7-5-11-23-9-3-2-4-10-23)8-6-12-29(36)34-28-19-18-26-31(35-28)33-27(21-32-26)25-16-13-24(14-17-25)15-20-30(37)38;/h2-4,9-10,13-14,16-19,21-22H,5-8,11-12,15,20H2,1H3,(H,37,38)(H,33,34,35,36);1H. The predicted octanol–water partition coefficient (Wildman–Crippen LogP) is 6.90. The van der Waals surface area contributed by atoms with Crippen molar-refractivity contribution >= 4 is 41.3 Å². The minimum atomic E-state index is -0.812. The van der Waals surface area contributed by atoms with Gasteiger partial charge < -0.3 is 10.4 Å². The Labute approximate surface area is 235 Å². The summed E-state index contributed by atoms with van der Waals surface area (Å²) >= 11 is 0. The Morgan fingerprint density at radius 2 is 1.56 bits per heavy atom. The predicted molar refractivity (Wildman–Crippen MR) is 157 cm³/mol. The molecule has 8 heteroatoms. The summed E-state index contributed by atoms with van der Waals surface area (Å²) in [7, 11) is 0.